The van der Waals surface area contributed by atoms with Gasteiger partial charge in [-0.05, 0) is 24.6 Å². The summed E-state index contributed by atoms with van der Waals surface area (Å²) in [7, 11) is 1.59. The maximum Gasteiger partial charge on any atom is 0.214 e. The van der Waals surface area contributed by atoms with Crippen LogP contribution in [0.2, 0.25) is 5.15 Å². The number of halogens is 1. The highest BCUT2D eigenvalue weighted by Gasteiger charge is 2.19. The van der Waals surface area contributed by atoms with Gasteiger partial charge in [0.2, 0.25) is 5.88 Å². The zero-order valence-electron chi connectivity index (χ0n) is 7.38. The van der Waals surface area contributed by atoms with Gasteiger partial charge in [0, 0.05) is 12.1 Å². The minimum atomic E-state index is 0.425. The highest BCUT2D eigenvalue weighted by Crippen LogP contribution is 2.27. The van der Waals surface area contributed by atoms with Crippen molar-refractivity contribution < 1.29 is 4.74 Å². The molecule has 1 aromatic rings. The molecule has 2 heterocycles. The fraction of sp³-hybridized carbons (Fsp3) is 0.444. The van der Waals surface area contributed by atoms with Crippen molar-refractivity contribution in [1.29, 1.82) is 0 Å². The molecule has 1 N–H and O–H groups in total. The Bertz CT molecular complexity index is 312. The van der Waals surface area contributed by atoms with E-state index in [1.807, 2.05) is 12.1 Å². The van der Waals surface area contributed by atoms with Crippen LogP contribution >= 0.6 is 11.6 Å². The highest BCUT2D eigenvalue weighted by atomic mass is 35.5. The van der Waals surface area contributed by atoms with Crippen LogP contribution < -0.4 is 10.1 Å². The van der Waals surface area contributed by atoms with Crippen LogP contribution in [0.4, 0.5) is 0 Å². The van der Waals surface area contributed by atoms with Crippen molar-refractivity contribution in [2.75, 3.05) is 13.7 Å². The van der Waals surface area contributed by atoms with Gasteiger partial charge in [0.15, 0.2) is 0 Å². The standard InChI is InChI=1S/C9H11ClN2O/c1-13-9-5-6(4-8(10)12-9)7-2-3-11-7/h4-5,7,11H,2-3H2,1H3. The van der Waals surface area contributed by atoms with Gasteiger partial charge in [0.25, 0.3) is 0 Å². The Morgan fingerprint density at radius 2 is 2.38 bits per heavy atom. The number of nitrogens with zero attached hydrogens (tertiary/aromatic N) is 1. The second-order valence-corrected chi connectivity index (χ2v) is 3.45. The van der Waals surface area contributed by atoms with E-state index >= 15 is 0 Å². The molecule has 1 unspecified atom stereocenters. The average Bonchev–Trinajstić information content (AvgIpc) is 2.00. The summed E-state index contributed by atoms with van der Waals surface area (Å²) in [5.41, 5.74) is 1.16. The predicted octanol–water partition coefficient (Wildman–Crippen LogP) is 1.78. The van der Waals surface area contributed by atoms with Gasteiger partial charge in [-0.15, -0.1) is 0 Å². The second kappa shape index (κ2) is 3.52. The summed E-state index contributed by atoms with van der Waals surface area (Å²) >= 11 is 5.84. The minimum Gasteiger partial charge on any atom is -0.481 e. The molecule has 3 nitrogen and oxygen atoms in total. The van der Waals surface area contributed by atoms with E-state index in [1.54, 1.807) is 7.11 Å². The van der Waals surface area contributed by atoms with Crippen LogP contribution in [0.15, 0.2) is 12.1 Å². The lowest BCUT2D eigenvalue weighted by Gasteiger charge is -2.28. The number of hydrogen-bond donors (Lipinski definition) is 1. The van der Waals surface area contributed by atoms with E-state index < -0.39 is 0 Å². The Morgan fingerprint density at radius 3 is 2.92 bits per heavy atom. The predicted molar refractivity (Wildman–Crippen MR) is 51.2 cm³/mol. The monoisotopic (exact) mass is 198 g/mol. The summed E-state index contributed by atoms with van der Waals surface area (Å²) in [4.78, 5) is 4.01. The quantitative estimate of drug-likeness (QED) is 0.736. The molecule has 0 radical (unpaired) electrons. The zero-order chi connectivity index (χ0) is 9.26. The fourth-order valence-electron chi connectivity index (χ4n) is 1.37. The van der Waals surface area contributed by atoms with E-state index in [-0.39, 0.29) is 0 Å². The molecule has 1 aliphatic heterocycles. The third kappa shape index (κ3) is 1.76. The summed E-state index contributed by atoms with van der Waals surface area (Å²) in [6.45, 7) is 1.08. The molecular weight excluding hydrogens is 188 g/mol. The number of methoxy groups -OCH3 is 1. The first kappa shape index (κ1) is 8.78. The molecule has 1 fully saturated rings. The van der Waals surface area contributed by atoms with E-state index in [0.29, 0.717) is 17.1 Å². The summed E-state index contributed by atoms with van der Waals surface area (Å²) in [6, 6.07) is 4.22. The number of pyridine rings is 1. The van der Waals surface area contributed by atoms with Crippen LogP contribution in [-0.4, -0.2) is 18.6 Å². The minimum absolute atomic E-state index is 0.425. The van der Waals surface area contributed by atoms with Gasteiger partial charge in [0.05, 0.1) is 7.11 Å². The highest BCUT2D eigenvalue weighted by molar-refractivity contribution is 6.29. The van der Waals surface area contributed by atoms with Crippen LogP contribution in [-0.2, 0) is 0 Å². The molecule has 70 valence electrons. The van der Waals surface area contributed by atoms with Crippen LogP contribution in [0, 0.1) is 0 Å². The molecule has 1 aliphatic rings. The maximum atomic E-state index is 5.84. The average molecular weight is 199 g/mol. The molecule has 1 aromatic heterocycles. The van der Waals surface area contributed by atoms with Gasteiger partial charge >= 0.3 is 0 Å². The van der Waals surface area contributed by atoms with Crippen LogP contribution in [0.3, 0.4) is 0 Å². The largest absolute Gasteiger partial charge is 0.481 e. The van der Waals surface area contributed by atoms with Crippen LogP contribution in [0.25, 0.3) is 0 Å². The SMILES string of the molecule is COc1cc(C2CCN2)cc(Cl)n1. The lowest BCUT2D eigenvalue weighted by atomic mass is 9.99. The first-order chi connectivity index (χ1) is 6.29. The van der Waals surface area contributed by atoms with Crippen LogP contribution in [0.1, 0.15) is 18.0 Å². The third-order valence-corrected chi connectivity index (χ3v) is 2.42. The lowest BCUT2D eigenvalue weighted by Crippen LogP contribution is -2.34. The zero-order valence-corrected chi connectivity index (χ0v) is 8.14. The topological polar surface area (TPSA) is 34.1 Å². The Labute approximate surface area is 82.1 Å². The van der Waals surface area contributed by atoms with Gasteiger partial charge in [-0.3, -0.25) is 0 Å². The van der Waals surface area contributed by atoms with Crippen molar-refractivity contribution in [3.63, 3.8) is 0 Å². The number of rotatable bonds is 2. The molecule has 1 saturated heterocycles. The fourth-order valence-corrected chi connectivity index (χ4v) is 1.58. The number of hydrogen-bond acceptors (Lipinski definition) is 3. The summed E-state index contributed by atoms with van der Waals surface area (Å²) < 4.78 is 5.03. The van der Waals surface area contributed by atoms with E-state index in [0.717, 1.165) is 18.5 Å². The normalized spacial score (nSPS) is 20.9. The number of ether oxygens (including phenoxy) is 1. The molecule has 0 aromatic carbocycles. The van der Waals surface area contributed by atoms with Gasteiger partial charge < -0.3 is 10.1 Å². The number of nitrogens with one attached hydrogen (secondary N) is 1. The molecule has 0 spiro atoms. The lowest BCUT2D eigenvalue weighted by molar-refractivity contribution is 0.373. The Hall–Kier alpha value is -0.800. The molecule has 0 bridgehead atoms. The van der Waals surface area contributed by atoms with Crippen molar-refractivity contribution in [3.8, 4) is 5.88 Å². The van der Waals surface area contributed by atoms with E-state index in [1.165, 1.54) is 0 Å². The van der Waals surface area contributed by atoms with Crippen molar-refractivity contribution in [1.82, 2.24) is 10.3 Å². The van der Waals surface area contributed by atoms with Crippen molar-refractivity contribution in [2.45, 2.75) is 12.5 Å². The Morgan fingerprint density at radius 1 is 1.62 bits per heavy atom. The summed E-state index contributed by atoms with van der Waals surface area (Å²) in [6.07, 6.45) is 1.16. The van der Waals surface area contributed by atoms with E-state index in [2.05, 4.69) is 10.3 Å². The summed E-state index contributed by atoms with van der Waals surface area (Å²) in [5, 5.41) is 3.79. The first-order valence-corrected chi connectivity index (χ1v) is 4.62. The molecule has 13 heavy (non-hydrogen) atoms. The van der Waals surface area contributed by atoms with Gasteiger partial charge in [-0.25, -0.2) is 4.98 Å². The summed E-state index contributed by atoms with van der Waals surface area (Å²) in [5.74, 6) is 0.580. The number of aromatic nitrogens is 1. The van der Waals surface area contributed by atoms with Crippen molar-refractivity contribution in [3.05, 3.63) is 22.8 Å². The molecule has 0 aliphatic carbocycles. The van der Waals surface area contributed by atoms with Gasteiger partial charge in [-0.2, -0.15) is 0 Å². The Balaban J connectivity index is 2.28. The molecule has 0 amide bonds. The van der Waals surface area contributed by atoms with Crippen LogP contribution in [0.5, 0.6) is 5.88 Å². The van der Waals surface area contributed by atoms with Crippen molar-refractivity contribution >= 4 is 11.6 Å². The Kier molecular flexibility index (Phi) is 2.38. The smallest absolute Gasteiger partial charge is 0.214 e. The molecule has 1 atom stereocenters. The molecule has 4 heteroatoms. The van der Waals surface area contributed by atoms with Gasteiger partial charge in [-0.1, -0.05) is 11.6 Å². The third-order valence-electron chi connectivity index (χ3n) is 2.23. The first-order valence-electron chi connectivity index (χ1n) is 4.24. The van der Waals surface area contributed by atoms with Crippen molar-refractivity contribution in [2.24, 2.45) is 0 Å². The van der Waals surface area contributed by atoms with E-state index in [9.17, 15) is 0 Å². The second-order valence-electron chi connectivity index (χ2n) is 3.06. The molecular formula is C9H11ClN2O. The molecule has 0 saturated carbocycles. The van der Waals surface area contributed by atoms with Gasteiger partial charge in [0.1, 0.15) is 5.15 Å². The maximum absolute atomic E-state index is 5.84. The van der Waals surface area contributed by atoms with E-state index in [4.69, 9.17) is 16.3 Å². The molecule has 2 rings (SSSR count).